The Labute approximate surface area is 93.1 Å². The molecule has 16 heavy (non-hydrogen) atoms. The molecule has 1 heterocycles. The van der Waals surface area contributed by atoms with E-state index < -0.39 is 23.2 Å². The highest BCUT2D eigenvalue weighted by Gasteiger charge is 2.48. The second-order valence-corrected chi connectivity index (χ2v) is 4.04. The van der Waals surface area contributed by atoms with Crippen molar-refractivity contribution in [2.75, 3.05) is 26.2 Å². The zero-order chi connectivity index (χ0) is 12.2. The summed E-state index contributed by atoms with van der Waals surface area (Å²) >= 11 is 0. The number of nitro groups is 1. The van der Waals surface area contributed by atoms with Crippen LogP contribution in [0.25, 0.3) is 0 Å². The fraction of sp³-hybridized carbons (Fsp3) is 0.889. The number of carbonyl (C=O) groups is 1. The summed E-state index contributed by atoms with van der Waals surface area (Å²) in [6.45, 7) is 1.73. The monoisotopic (exact) mass is 232 g/mol. The first-order valence-electron chi connectivity index (χ1n) is 5.23. The lowest BCUT2D eigenvalue weighted by Crippen LogP contribution is -2.66. The number of carbonyl (C=O) groups excluding carboxylic acids is 1. The molecule has 0 aliphatic carbocycles. The number of unbranched alkanes of at least 4 members (excludes halogenated alkanes) is 1. The van der Waals surface area contributed by atoms with Crippen LogP contribution in [0, 0.1) is 10.1 Å². The number of likely N-dealkylation sites (tertiary alicyclic amines) is 1. The van der Waals surface area contributed by atoms with Gasteiger partial charge in [-0.15, -0.1) is 0 Å². The molecule has 1 rings (SSSR count). The lowest BCUT2D eigenvalue weighted by atomic mass is 9.95. The van der Waals surface area contributed by atoms with E-state index in [0.717, 1.165) is 12.8 Å². The first kappa shape index (κ1) is 12.7. The van der Waals surface area contributed by atoms with Gasteiger partial charge in [-0.05, 0) is 6.42 Å². The molecule has 0 unspecified atom stereocenters. The molecule has 1 aliphatic rings. The summed E-state index contributed by atoms with van der Waals surface area (Å²) in [5.41, 5.74) is -1.38. The molecule has 0 bridgehead atoms. The van der Waals surface area contributed by atoms with Crippen molar-refractivity contribution in [2.24, 2.45) is 0 Å². The lowest BCUT2D eigenvalue weighted by Gasteiger charge is -2.42. The maximum atomic E-state index is 11.3. The largest absolute Gasteiger partial charge is 0.449 e. The third kappa shape index (κ3) is 3.34. The van der Waals surface area contributed by atoms with Crippen LogP contribution in [0.3, 0.4) is 0 Å². The molecule has 92 valence electrons. The van der Waals surface area contributed by atoms with Crippen LogP contribution in [0.2, 0.25) is 0 Å². The number of nitrogens with zero attached hydrogens (tertiary/aromatic N) is 2. The summed E-state index contributed by atoms with van der Waals surface area (Å²) in [6, 6.07) is 0. The van der Waals surface area contributed by atoms with Gasteiger partial charge in [-0.2, -0.15) is 0 Å². The topological polar surface area (TPSA) is 92.9 Å². The molecule has 0 aromatic carbocycles. The van der Waals surface area contributed by atoms with Gasteiger partial charge in [-0.1, -0.05) is 13.3 Å². The molecule has 0 atom stereocenters. The van der Waals surface area contributed by atoms with Gasteiger partial charge in [-0.3, -0.25) is 10.1 Å². The maximum Gasteiger partial charge on any atom is 0.409 e. The average Bonchev–Trinajstić information content (AvgIpc) is 2.13. The van der Waals surface area contributed by atoms with Crippen LogP contribution in [0.15, 0.2) is 0 Å². The van der Waals surface area contributed by atoms with E-state index in [1.165, 1.54) is 4.90 Å². The molecule has 1 N–H and O–H groups in total. The van der Waals surface area contributed by atoms with Crippen LogP contribution in [-0.4, -0.2) is 52.9 Å². The maximum absolute atomic E-state index is 11.3. The summed E-state index contributed by atoms with van der Waals surface area (Å²) < 4.78 is 4.89. The van der Waals surface area contributed by atoms with Gasteiger partial charge in [0.25, 0.3) is 0 Å². The Hall–Kier alpha value is -1.37. The summed E-state index contributed by atoms with van der Waals surface area (Å²) in [5.74, 6) is 0. The Kier molecular flexibility index (Phi) is 4.05. The molecule has 1 fully saturated rings. The van der Waals surface area contributed by atoms with Crippen molar-refractivity contribution in [1.29, 1.82) is 0 Å². The molecule has 0 aromatic rings. The number of aliphatic hydroxyl groups is 1. The molecule has 0 spiro atoms. The normalized spacial score (nSPS) is 17.8. The number of ether oxygens (including phenoxy) is 1. The Morgan fingerprint density at radius 3 is 2.75 bits per heavy atom. The predicted molar refractivity (Wildman–Crippen MR) is 54.6 cm³/mol. The van der Waals surface area contributed by atoms with E-state index >= 15 is 0 Å². The minimum Gasteiger partial charge on any atom is -0.449 e. The molecule has 1 saturated heterocycles. The Balaban J connectivity index is 2.24. The highest BCUT2D eigenvalue weighted by atomic mass is 16.6. The molecule has 0 radical (unpaired) electrons. The van der Waals surface area contributed by atoms with Crippen LogP contribution in [0.4, 0.5) is 4.79 Å². The van der Waals surface area contributed by atoms with Crippen LogP contribution in [-0.2, 0) is 4.74 Å². The van der Waals surface area contributed by atoms with E-state index in [4.69, 9.17) is 4.74 Å². The van der Waals surface area contributed by atoms with Gasteiger partial charge in [0.05, 0.1) is 19.7 Å². The molecule has 1 amide bonds. The van der Waals surface area contributed by atoms with Crippen LogP contribution < -0.4 is 0 Å². The fourth-order valence-electron chi connectivity index (χ4n) is 1.53. The standard InChI is InChI=1S/C9H16N2O5/c1-2-3-4-16-8(12)10-5-9(13,6-10)7-11(14)15/h13H,2-7H2,1H3. The SMILES string of the molecule is CCCCOC(=O)N1CC(O)(C[N+](=O)[O-])C1. The van der Waals surface area contributed by atoms with Gasteiger partial charge in [0.2, 0.25) is 6.54 Å². The third-order valence-corrected chi connectivity index (χ3v) is 2.38. The number of β-amino-alcohol motifs (C(OH)–C–C–N with tert-alkyl or cyclic N) is 1. The fourth-order valence-corrected chi connectivity index (χ4v) is 1.53. The minimum absolute atomic E-state index is 0.0288. The van der Waals surface area contributed by atoms with Crippen molar-refractivity contribution in [3.63, 3.8) is 0 Å². The molecular formula is C9H16N2O5. The number of amides is 1. The summed E-state index contributed by atoms with van der Waals surface area (Å²) in [7, 11) is 0. The molecule has 7 heteroatoms. The van der Waals surface area contributed by atoms with Crippen LogP contribution in [0.1, 0.15) is 19.8 Å². The van der Waals surface area contributed by atoms with Crippen LogP contribution in [0.5, 0.6) is 0 Å². The molecule has 7 nitrogen and oxygen atoms in total. The zero-order valence-corrected chi connectivity index (χ0v) is 9.22. The van der Waals surface area contributed by atoms with Crippen molar-refractivity contribution in [3.05, 3.63) is 10.1 Å². The zero-order valence-electron chi connectivity index (χ0n) is 9.22. The van der Waals surface area contributed by atoms with Gasteiger partial charge in [0.1, 0.15) is 0 Å². The molecular weight excluding hydrogens is 216 g/mol. The molecule has 0 saturated carbocycles. The summed E-state index contributed by atoms with van der Waals surface area (Å²) in [5, 5.41) is 19.8. The predicted octanol–water partition coefficient (Wildman–Crippen LogP) is 0.247. The quantitative estimate of drug-likeness (QED) is 0.416. The first-order valence-corrected chi connectivity index (χ1v) is 5.23. The molecule has 1 aliphatic heterocycles. The van der Waals surface area contributed by atoms with E-state index in [1.807, 2.05) is 6.92 Å². The second-order valence-electron chi connectivity index (χ2n) is 4.04. The average molecular weight is 232 g/mol. The Bertz CT molecular complexity index is 275. The second kappa shape index (κ2) is 5.11. The number of hydrogen-bond donors (Lipinski definition) is 1. The van der Waals surface area contributed by atoms with Crippen molar-refractivity contribution in [1.82, 2.24) is 4.90 Å². The first-order chi connectivity index (χ1) is 7.47. The van der Waals surface area contributed by atoms with Crippen LogP contribution >= 0.6 is 0 Å². The van der Waals surface area contributed by atoms with Gasteiger partial charge < -0.3 is 14.7 Å². The number of rotatable bonds is 5. The van der Waals surface area contributed by atoms with Crippen molar-refractivity contribution in [3.8, 4) is 0 Å². The lowest BCUT2D eigenvalue weighted by molar-refractivity contribution is -0.505. The summed E-state index contributed by atoms with van der Waals surface area (Å²) in [4.78, 5) is 22.2. The van der Waals surface area contributed by atoms with Crippen molar-refractivity contribution < 1.29 is 19.6 Å². The molecule has 0 aromatic heterocycles. The van der Waals surface area contributed by atoms with Gasteiger partial charge in [0, 0.05) is 4.92 Å². The van der Waals surface area contributed by atoms with E-state index in [2.05, 4.69) is 0 Å². The summed E-state index contributed by atoms with van der Waals surface area (Å²) in [6.07, 6.45) is 1.21. The smallest absolute Gasteiger partial charge is 0.409 e. The Morgan fingerprint density at radius 2 is 2.25 bits per heavy atom. The Morgan fingerprint density at radius 1 is 1.62 bits per heavy atom. The van der Waals surface area contributed by atoms with Crippen molar-refractivity contribution >= 4 is 6.09 Å². The van der Waals surface area contributed by atoms with Gasteiger partial charge in [-0.25, -0.2) is 4.79 Å². The van der Waals surface area contributed by atoms with E-state index in [0.29, 0.717) is 6.61 Å². The highest BCUT2D eigenvalue weighted by molar-refractivity contribution is 5.69. The number of hydrogen-bond acceptors (Lipinski definition) is 5. The van der Waals surface area contributed by atoms with E-state index in [-0.39, 0.29) is 13.1 Å². The van der Waals surface area contributed by atoms with E-state index in [1.54, 1.807) is 0 Å². The highest BCUT2D eigenvalue weighted by Crippen LogP contribution is 2.21. The minimum atomic E-state index is -1.38. The van der Waals surface area contributed by atoms with Gasteiger partial charge >= 0.3 is 6.09 Å². The van der Waals surface area contributed by atoms with E-state index in [9.17, 15) is 20.0 Å². The van der Waals surface area contributed by atoms with Crippen molar-refractivity contribution in [2.45, 2.75) is 25.4 Å². The van der Waals surface area contributed by atoms with Gasteiger partial charge in [0.15, 0.2) is 5.60 Å². The third-order valence-electron chi connectivity index (χ3n) is 2.38.